The van der Waals surface area contributed by atoms with Crippen molar-refractivity contribution in [3.63, 3.8) is 0 Å². The first-order valence-electron chi connectivity index (χ1n) is 10.7. The zero-order chi connectivity index (χ0) is 22.1. The van der Waals surface area contributed by atoms with Crippen LogP contribution in [0.4, 0.5) is 5.69 Å². The maximum Gasteiger partial charge on any atom is 0.267 e. The molecule has 0 radical (unpaired) electrons. The maximum atomic E-state index is 13.1. The van der Waals surface area contributed by atoms with Crippen LogP contribution in [0.5, 0.6) is 0 Å². The van der Waals surface area contributed by atoms with Gasteiger partial charge < -0.3 is 9.88 Å². The van der Waals surface area contributed by atoms with Gasteiger partial charge in [-0.15, -0.1) is 11.3 Å². The van der Waals surface area contributed by atoms with E-state index in [-0.39, 0.29) is 11.5 Å². The van der Waals surface area contributed by atoms with Crippen LogP contribution in [-0.4, -0.2) is 25.2 Å². The van der Waals surface area contributed by atoms with Crippen LogP contribution < -0.4 is 10.9 Å². The predicted octanol–water partition coefficient (Wildman–Crippen LogP) is 4.37. The van der Waals surface area contributed by atoms with Gasteiger partial charge in [0, 0.05) is 30.8 Å². The van der Waals surface area contributed by atoms with E-state index in [1.54, 1.807) is 13.0 Å². The zero-order valence-corrected chi connectivity index (χ0v) is 18.5. The minimum absolute atomic E-state index is 0.306. The van der Waals surface area contributed by atoms with Gasteiger partial charge in [0.25, 0.3) is 5.56 Å². The Balaban J connectivity index is 1.42. The molecular formula is C24H23N5O2S. The Bertz CT molecular complexity index is 1300. The smallest absolute Gasteiger partial charge is 0.267 e. The predicted molar refractivity (Wildman–Crippen MR) is 126 cm³/mol. The van der Waals surface area contributed by atoms with Crippen molar-refractivity contribution in [2.45, 2.75) is 38.8 Å². The van der Waals surface area contributed by atoms with Crippen LogP contribution >= 0.6 is 11.3 Å². The molecule has 0 unspecified atom stereocenters. The summed E-state index contributed by atoms with van der Waals surface area (Å²) < 4.78 is 3.43. The lowest BCUT2D eigenvalue weighted by Crippen LogP contribution is -2.33. The number of imidazole rings is 1. The van der Waals surface area contributed by atoms with E-state index >= 15 is 0 Å². The molecule has 0 spiro atoms. The quantitative estimate of drug-likeness (QED) is 0.495. The molecule has 8 heteroatoms. The summed E-state index contributed by atoms with van der Waals surface area (Å²) in [4.78, 5) is 31.3. The molecule has 4 aromatic rings. The summed E-state index contributed by atoms with van der Waals surface area (Å²) in [5.41, 5.74) is 2.73. The Morgan fingerprint density at radius 2 is 1.97 bits per heavy atom. The van der Waals surface area contributed by atoms with Crippen LogP contribution in [0.25, 0.3) is 21.8 Å². The van der Waals surface area contributed by atoms with Crippen molar-refractivity contribution < 1.29 is 4.79 Å². The molecule has 3 aromatic heterocycles. The highest BCUT2D eigenvalue weighted by Crippen LogP contribution is 2.29. The number of aryl methyl sites for hydroxylation is 2. The van der Waals surface area contributed by atoms with E-state index in [2.05, 4.69) is 21.2 Å². The van der Waals surface area contributed by atoms with Crippen LogP contribution in [0.1, 0.15) is 31.6 Å². The highest BCUT2D eigenvalue weighted by molar-refractivity contribution is 7.13. The van der Waals surface area contributed by atoms with Crippen LogP contribution in [0.2, 0.25) is 0 Å². The third-order valence-corrected chi connectivity index (χ3v) is 6.61. The normalized spacial score (nSPS) is 14.0. The van der Waals surface area contributed by atoms with Crippen molar-refractivity contribution in [2.75, 3.05) is 5.32 Å². The number of nitrogens with zero attached hydrogens (tertiary/aromatic N) is 4. The number of anilines is 1. The Hall–Kier alpha value is -3.52. The van der Waals surface area contributed by atoms with E-state index < -0.39 is 6.04 Å². The van der Waals surface area contributed by atoms with Gasteiger partial charge in [0.15, 0.2) is 0 Å². The lowest BCUT2D eigenvalue weighted by molar-refractivity contribution is -0.119. The number of amides is 1. The standard InChI is InChI=1S/C24H23N5O2S/c1-16(29-23(30)12-11-19(27-29)21-9-6-14-32-21)24(31)26-18-8-3-2-7-17(18)20-15-28-13-5-4-10-22(28)25-20/h2-3,6-9,11-12,14-16H,4-5,10,13H2,1H3,(H,26,31)/t16-/m0/s1. The minimum atomic E-state index is -0.773. The number of benzene rings is 1. The van der Waals surface area contributed by atoms with E-state index in [1.165, 1.54) is 22.1 Å². The second-order valence-electron chi connectivity index (χ2n) is 7.88. The molecule has 0 saturated heterocycles. The molecule has 162 valence electrons. The number of rotatable bonds is 5. The van der Waals surface area contributed by atoms with Gasteiger partial charge in [-0.3, -0.25) is 9.59 Å². The number of nitrogens with one attached hydrogen (secondary N) is 1. The summed E-state index contributed by atoms with van der Waals surface area (Å²) in [6, 6.07) is 13.9. The Morgan fingerprint density at radius 3 is 2.78 bits per heavy atom. The second-order valence-corrected chi connectivity index (χ2v) is 8.83. The van der Waals surface area contributed by atoms with Crippen LogP contribution in [0, 0.1) is 0 Å². The number of para-hydroxylation sites is 1. The van der Waals surface area contributed by atoms with E-state index in [0.717, 1.165) is 47.8 Å². The lowest BCUT2D eigenvalue weighted by Gasteiger charge is -2.16. The van der Waals surface area contributed by atoms with Gasteiger partial charge in [0.05, 0.1) is 16.3 Å². The van der Waals surface area contributed by atoms with Crippen molar-refractivity contribution in [1.29, 1.82) is 0 Å². The number of aromatic nitrogens is 4. The average Bonchev–Trinajstić information content (AvgIpc) is 3.49. The molecule has 1 N–H and O–H groups in total. The number of hydrogen-bond donors (Lipinski definition) is 1. The third kappa shape index (κ3) is 3.89. The van der Waals surface area contributed by atoms with Gasteiger partial charge in [-0.25, -0.2) is 9.67 Å². The van der Waals surface area contributed by atoms with Crippen molar-refractivity contribution in [2.24, 2.45) is 0 Å². The van der Waals surface area contributed by atoms with Gasteiger partial charge >= 0.3 is 0 Å². The van der Waals surface area contributed by atoms with Crippen molar-refractivity contribution in [1.82, 2.24) is 19.3 Å². The van der Waals surface area contributed by atoms with Gasteiger partial charge in [-0.2, -0.15) is 5.10 Å². The van der Waals surface area contributed by atoms with Gasteiger partial charge in [-0.05, 0) is 43.3 Å². The molecule has 5 rings (SSSR count). The Labute approximate surface area is 189 Å². The molecular weight excluding hydrogens is 422 g/mol. The first-order chi connectivity index (χ1) is 15.6. The summed E-state index contributed by atoms with van der Waals surface area (Å²) in [7, 11) is 0. The molecule has 1 aliphatic heterocycles. The highest BCUT2D eigenvalue weighted by Gasteiger charge is 2.21. The maximum absolute atomic E-state index is 13.1. The fraction of sp³-hybridized carbons (Fsp3) is 0.250. The lowest BCUT2D eigenvalue weighted by atomic mass is 10.1. The summed E-state index contributed by atoms with van der Waals surface area (Å²) in [6.45, 7) is 2.66. The monoisotopic (exact) mass is 445 g/mol. The van der Waals surface area contributed by atoms with Crippen LogP contribution in [0.3, 0.4) is 0 Å². The Kier molecular flexibility index (Phi) is 5.45. The van der Waals surface area contributed by atoms with Gasteiger partial charge in [-0.1, -0.05) is 24.3 Å². The molecule has 1 aliphatic rings. The largest absolute Gasteiger partial charge is 0.334 e. The summed E-state index contributed by atoms with van der Waals surface area (Å²) >= 11 is 1.54. The number of hydrogen-bond acceptors (Lipinski definition) is 5. The number of carbonyl (C=O) groups excluding carboxylic acids is 1. The molecule has 0 fully saturated rings. The number of thiophene rings is 1. The first kappa shape index (κ1) is 20.4. The second kappa shape index (κ2) is 8.55. The van der Waals surface area contributed by atoms with E-state index in [1.807, 2.05) is 41.8 Å². The third-order valence-electron chi connectivity index (χ3n) is 5.71. The minimum Gasteiger partial charge on any atom is -0.334 e. The molecule has 1 amide bonds. The summed E-state index contributed by atoms with van der Waals surface area (Å²) in [5, 5.41) is 9.38. The van der Waals surface area contributed by atoms with Gasteiger partial charge in [0.1, 0.15) is 17.6 Å². The molecule has 4 heterocycles. The Morgan fingerprint density at radius 1 is 1.09 bits per heavy atom. The van der Waals surface area contributed by atoms with E-state index in [9.17, 15) is 9.59 Å². The van der Waals surface area contributed by atoms with Crippen molar-refractivity contribution >= 4 is 22.9 Å². The molecule has 0 aliphatic carbocycles. The highest BCUT2D eigenvalue weighted by atomic mass is 32.1. The summed E-state index contributed by atoms with van der Waals surface area (Å²) in [5.74, 6) is 0.779. The van der Waals surface area contributed by atoms with Crippen molar-refractivity contribution in [3.8, 4) is 21.8 Å². The fourth-order valence-electron chi connectivity index (χ4n) is 3.96. The molecule has 32 heavy (non-hydrogen) atoms. The number of fused-ring (bicyclic) bond motifs is 1. The molecule has 0 saturated carbocycles. The molecule has 0 bridgehead atoms. The average molecular weight is 446 g/mol. The molecule has 1 aromatic carbocycles. The van der Waals surface area contributed by atoms with Crippen LogP contribution in [0.15, 0.2) is 64.9 Å². The van der Waals surface area contributed by atoms with Gasteiger partial charge in [0.2, 0.25) is 5.91 Å². The zero-order valence-electron chi connectivity index (χ0n) is 17.7. The van der Waals surface area contributed by atoms with E-state index in [0.29, 0.717) is 11.4 Å². The molecule has 7 nitrogen and oxygen atoms in total. The first-order valence-corrected chi connectivity index (χ1v) is 11.6. The molecule has 1 atom stereocenters. The van der Waals surface area contributed by atoms with Crippen molar-refractivity contribution in [3.05, 3.63) is 76.3 Å². The topological polar surface area (TPSA) is 81.8 Å². The number of carbonyl (C=O) groups is 1. The van der Waals surface area contributed by atoms with E-state index in [4.69, 9.17) is 4.98 Å². The summed E-state index contributed by atoms with van der Waals surface area (Å²) in [6.07, 6.45) is 5.34. The van der Waals surface area contributed by atoms with Crippen LogP contribution in [-0.2, 0) is 17.8 Å². The SMILES string of the molecule is C[C@@H](C(=O)Nc1ccccc1-c1cn2c(n1)CCCC2)n1nc(-c2cccs2)ccc1=O. The fourth-order valence-corrected chi connectivity index (χ4v) is 4.66.